The Morgan fingerprint density at radius 2 is 1.96 bits per heavy atom. The number of nitrogens with one attached hydrogen (secondary N) is 1. The predicted molar refractivity (Wildman–Crippen MR) is 101 cm³/mol. The molecule has 0 spiro atoms. The van der Waals surface area contributed by atoms with Crippen LogP contribution in [0.1, 0.15) is 29.7 Å². The van der Waals surface area contributed by atoms with Crippen LogP contribution in [0.5, 0.6) is 0 Å². The topological polar surface area (TPSA) is 101 Å². The van der Waals surface area contributed by atoms with Crippen LogP contribution in [0.4, 0.5) is 5.95 Å². The minimum atomic E-state index is -3.65. The zero-order valence-corrected chi connectivity index (χ0v) is 16.0. The Balaban J connectivity index is 1.56. The molecule has 1 aliphatic heterocycles. The van der Waals surface area contributed by atoms with E-state index in [1.54, 1.807) is 18.3 Å². The highest BCUT2D eigenvalue weighted by molar-refractivity contribution is 7.89. The predicted octanol–water partition coefficient (Wildman–Crippen LogP) is 1.82. The van der Waals surface area contributed by atoms with E-state index in [1.807, 2.05) is 26.0 Å². The van der Waals surface area contributed by atoms with E-state index in [2.05, 4.69) is 20.2 Å². The van der Waals surface area contributed by atoms with Gasteiger partial charge in [0.25, 0.3) is 0 Å². The lowest BCUT2D eigenvalue weighted by Gasteiger charge is -2.32. The summed E-state index contributed by atoms with van der Waals surface area (Å²) in [5.41, 5.74) is 3.04. The Morgan fingerprint density at radius 3 is 2.58 bits per heavy atom. The SMILES string of the molecule is Cc1ccnc(NC2CCN(Cc3ccc(S(N)(=O)=O)cc3C)CC2)n1. The van der Waals surface area contributed by atoms with Gasteiger partial charge in [-0.25, -0.2) is 23.5 Å². The normalized spacial score (nSPS) is 16.6. The van der Waals surface area contributed by atoms with Gasteiger partial charge in [-0.1, -0.05) is 6.07 Å². The number of likely N-dealkylation sites (tertiary alicyclic amines) is 1. The first-order valence-corrected chi connectivity index (χ1v) is 10.3. The molecule has 1 aromatic carbocycles. The summed E-state index contributed by atoms with van der Waals surface area (Å²) in [4.78, 5) is 11.2. The number of piperidine rings is 1. The number of aromatic nitrogens is 2. The van der Waals surface area contributed by atoms with Crippen LogP contribution in [-0.4, -0.2) is 42.4 Å². The second-order valence-electron chi connectivity index (χ2n) is 6.85. The van der Waals surface area contributed by atoms with E-state index in [1.165, 1.54) is 0 Å². The van der Waals surface area contributed by atoms with Crippen LogP contribution in [0.25, 0.3) is 0 Å². The number of hydrogen-bond acceptors (Lipinski definition) is 6. The maximum atomic E-state index is 11.4. The summed E-state index contributed by atoms with van der Waals surface area (Å²) in [6.45, 7) is 6.64. The maximum Gasteiger partial charge on any atom is 0.238 e. The first kappa shape index (κ1) is 18.8. The third-order valence-electron chi connectivity index (χ3n) is 4.75. The minimum absolute atomic E-state index is 0.166. The fourth-order valence-electron chi connectivity index (χ4n) is 3.20. The Bertz CT molecular complexity index is 877. The summed E-state index contributed by atoms with van der Waals surface area (Å²) in [6, 6.07) is 7.35. The van der Waals surface area contributed by atoms with Crippen LogP contribution in [0.2, 0.25) is 0 Å². The fourth-order valence-corrected chi connectivity index (χ4v) is 3.80. The van der Waals surface area contributed by atoms with Crippen molar-refractivity contribution in [3.63, 3.8) is 0 Å². The molecule has 0 bridgehead atoms. The summed E-state index contributed by atoms with van der Waals surface area (Å²) in [6.07, 6.45) is 3.81. The molecule has 3 rings (SSSR count). The van der Waals surface area contributed by atoms with Gasteiger partial charge in [-0.05, 0) is 56.0 Å². The molecule has 3 N–H and O–H groups in total. The van der Waals surface area contributed by atoms with Gasteiger partial charge in [-0.15, -0.1) is 0 Å². The largest absolute Gasteiger partial charge is 0.351 e. The lowest BCUT2D eigenvalue weighted by atomic mass is 10.0. The second-order valence-corrected chi connectivity index (χ2v) is 8.41. The van der Waals surface area contributed by atoms with Gasteiger partial charge in [0.2, 0.25) is 16.0 Å². The lowest BCUT2D eigenvalue weighted by Crippen LogP contribution is -2.39. The van der Waals surface area contributed by atoms with E-state index < -0.39 is 10.0 Å². The van der Waals surface area contributed by atoms with Crippen LogP contribution in [0, 0.1) is 13.8 Å². The Kier molecular flexibility index (Phi) is 5.55. The van der Waals surface area contributed by atoms with E-state index in [0.29, 0.717) is 12.0 Å². The van der Waals surface area contributed by atoms with Crippen molar-refractivity contribution in [1.82, 2.24) is 14.9 Å². The zero-order valence-electron chi connectivity index (χ0n) is 15.1. The van der Waals surface area contributed by atoms with Gasteiger partial charge in [0.1, 0.15) is 0 Å². The van der Waals surface area contributed by atoms with Gasteiger partial charge < -0.3 is 5.32 Å². The van der Waals surface area contributed by atoms with Gasteiger partial charge in [-0.3, -0.25) is 4.90 Å². The van der Waals surface area contributed by atoms with Crippen molar-refractivity contribution in [3.8, 4) is 0 Å². The molecule has 0 aliphatic carbocycles. The molecule has 1 saturated heterocycles. The minimum Gasteiger partial charge on any atom is -0.351 e. The van der Waals surface area contributed by atoms with Gasteiger partial charge >= 0.3 is 0 Å². The summed E-state index contributed by atoms with van der Waals surface area (Å²) in [5.74, 6) is 0.692. The summed E-state index contributed by atoms with van der Waals surface area (Å²) >= 11 is 0. The molecule has 0 amide bonds. The number of nitrogens with two attached hydrogens (primary N) is 1. The van der Waals surface area contributed by atoms with E-state index in [4.69, 9.17) is 5.14 Å². The lowest BCUT2D eigenvalue weighted by molar-refractivity contribution is 0.210. The summed E-state index contributed by atoms with van der Waals surface area (Å²) in [5, 5.41) is 8.60. The third kappa shape index (κ3) is 4.78. The van der Waals surface area contributed by atoms with Crippen molar-refractivity contribution in [2.24, 2.45) is 5.14 Å². The molecule has 1 aromatic heterocycles. The number of nitrogens with zero attached hydrogens (tertiary/aromatic N) is 3. The van der Waals surface area contributed by atoms with Crippen molar-refractivity contribution in [1.29, 1.82) is 0 Å². The van der Waals surface area contributed by atoms with Crippen LogP contribution >= 0.6 is 0 Å². The molecule has 26 heavy (non-hydrogen) atoms. The molecular weight excluding hydrogens is 350 g/mol. The first-order valence-electron chi connectivity index (χ1n) is 8.72. The Hall–Kier alpha value is -2.03. The number of sulfonamides is 1. The quantitative estimate of drug-likeness (QED) is 0.827. The van der Waals surface area contributed by atoms with E-state index in [9.17, 15) is 8.42 Å². The van der Waals surface area contributed by atoms with Crippen LogP contribution < -0.4 is 10.5 Å². The average Bonchev–Trinajstić information content (AvgIpc) is 2.57. The average molecular weight is 375 g/mol. The standard InChI is InChI=1S/C18H25N5O2S/c1-13-11-17(26(19,24)25)4-3-15(13)12-23-9-6-16(7-10-23)22-18-20-8-5-14(2)21-18/h3-5,8,11,16H,6-7,9-10,12H2,1-2H3,(H2,19,24,25)(H,20,21,22). The van der Waals surface area contributed by atoms with Gasteiger partial charge in [0.15, 0.2) is 0 Å². The molecule has 8 heteroatoms. The molecule has 2 aromatic rings. The Morgan fingerprint density at radius 1 is 1.23 bits per heavy atom. The highest BCUT2D eigenvalue weighted by atomic mass is 32.2. The summed E-state index contributed by atoms with van der Waals surface area (Å²) in [7, 11) is -3.65. The molecule has 7 nitrogen and oxygen atoms in total. The smallest absolute Gasteiger partial charge is 0.238 e. The van der Waals surface area contributed by atoms with Gasteiger partial charge in [0, 0.05) is 37.6 Å². The fraction of sp³-hybridized carbons (Fsp3) is 0.444. The van der Waals surface area contributed by atoms with Crippen LogP contribution in [0.3, 0.4) is 0 Å². The van der Waals surface area contributed by atoms with E-state index in [0.717, 1.165) is 49.3 Å². The highest BCUT2D eigenvalue weighted by Gasteiger charge is 2.20. The molecule has 1 fully saturated rings. The molecule has 0 atom stereocenters. The number of benzene rings is 1. The molecule has 2 heterocycles. The van der Waals surface area contributed by atoms with E-state index in [-0.39, 0.29) is 4.90 Å². The number of aryl methyl sites for hydroxylation is 2. The summed E-state index contributed by atoms with van der Waals surface area (Å²) < 4.78 is 22.9. The zero-order chi connectivity index (χ0) is 18.7. The molecule has 1 aliphatic rings. The molecule has 0 unspecified atom stereocenters. The van der Waals surface area contributed by atoms with Crippen molar-refractivity contribution in [3.05, 3.63) is 47.3 Å². The third-order valence-corrected chi connectivity index (χ3v) is 5.66. The van der Waals surface area contributed by atoms with Crippen molar-refractivity contribution in [2.75, 3.05) is 18.4 Å². The van der Waals surface area contributed by atoms with E-state index >= 15 is 0 Å². The maximum absolute atomic E-state index is 11.4. The van der Waals surface area contributed by atoms with Crippen LogP contribution in [0.15, 0.2) is 35.4 Å². The highest BCUT2D eigenvalue weighted by Crippen LogP contribution is 2.20. The number of hydrogen-bond donors (Lipinski definition) is 2. The van der Waals surface area contributed by atoms with Crippen LogP contribution in [-0.2, 0) is 16.6 Å². The van der Waals surface area contributed by atoms with Gasteiger partial charge in [0.05, 0.1) is 4.90 Å². The number of rotatable bonds is 5. The van der Waals surface area contributed by atoms with Crippen molar-refractivity contribution >= 4 is 16.0 Å². The number of primary sulfonamides is 1. The Labute approximate surface area is 154 Å². The monoisotopic (exact) mass is 375 g/mol. The first-order chi connectivity index (χ1) is 12.3. The second kappa shape index (κ2) is 7.69. The molecule has 0 saturated carbocycles. The van der Waals surface area contributed by atoms with Crippen molar-refractivity contribution < 1.29 is 8.42 Å². The molecular formula is C18H25N5O2S. The molecule has 140 valence electrons. The van der Waals surface area contributed by atoms with Crippen molar-refractivity contribution in [2.45, 2.75) is 44.2 Å². The van der Waals surface area contributed by atoms with Gasteiger partial charge in [-0.2, -0.15) is 0 Å². The molecule has 0 radical (unpaired) electrons. The number of anilines is 1.